The molecule has 3 unspecified atom stereocenters. The first kappa shape index (κ1) is 103. The Morgan fingerprint density at radius 1 is 0.276 bits per heavy atom. The Hall–Kier alpha value is -1.94. The van der Waals surface area contributed by atoms with Gasteiger partial charge in [-0.1, -0.05) is 408 Å². The predicted octanol–water partition coefficient (Wildman–Crippen LogP) is 26.2. The molecule has 0 aliphatic heterocycles. The van der Waals surface area contributed by atoms with Gasteiger partial charge in [0, 0.05) is 25.7 Å². The number of phosphoric acid groups is 2. The zero-order chi connectivity index (χ0) is 77.1. The van der Waals surface area contributed by atoms with E-state index in [0.717, 1.165) is 102 Å². The van der Waals surface area contributed by atoms with E-state index in [4.69, 9.17) is 37.0 Å². The molecule has 19 heteroatoms. The van der Waals surface area contributed by atoms with Crippen LogP contribution in [0, 0.1) is 11.8 Å². The van der Waals surface area contributed by atoms with Gasteiger partial charge < -0.3 is 33.8 Å². The fourth-order valence-corrected chi connectivity index (χ4v) is 15.0. The first-order chi connectivity index (χ1) is 50.9. The van der Waals surface area contributed by atoms with Crippen LogP contribution < -0.4 is 0 Å². The van der Waals surface area contributed by atoms with Crippen LogP contribution in [0.15, 0.2) is 0 Å². The summed E-state index contributed by atoms with van der Waals surface area (Å²) in [5.74, 6) is -0.487. The second-order valence-electron chi connectivity index (χ2n) is 31.6. The van der Waals surface area contributed by atoms with E-state index in [2.05, 4.69) is 41.5 Å². The molecule has 0 aliphatic rings. The number of esters is 4. The van der Waals surface area contributed by atoms with Crippen LogP contribution in [0.4, 0.5) is 0 Å². The number of carbonyl (C=O) groups is 4. The summed E-state index contributed by atoms with van der Waals surface area (Å²) in [6.07, 6.45) is 69.4. The van der Waals surface area contributed by atoms with Crippen LogP contribution in [-0.2, 0) is 65.4 Å². The van der Waals surface area contributed by atoms with Crippen LogP contribution in [-0.4, -0.2) is 96.7 Å². The molecule has 6 atom stereocenters. The maximum Gasteiger partial charge on any atom is 0.472 e. The predicted molar refractivity (Wildman–Crippen MR) is 432 cm³/mol. The van der Waals surface area contributed by atoms with E-state index in [1.165, 1.54) is 276 Å². The first-order valence-electron chi connectivity index (χ1n) is 44.5. The van der Waals surface area contributed by atoms with Crippen LogP contribution >= 0.6 is 15.6 Å². The molecule has 0 radical (unpaired) electrons. The van der Waals surface area contributed by atoms with E-state index in [9.17, 15) is 43.2 Å². The van der Waals surface area contributed by atoms with E-state index in [-0.39, 0.29) is 25.7 Å². The lowest BCUT2D eigenvalue weighted by Crippen LogP contribution is -2.30. The summed E-state index contributed by atoms with van der Waals surface area (Å²) in [6, 6.07) is 0. The van der Waals surface area contributed by atoms with E-state index >= 15 is 0 Å². The Labute approximate surface area is 645 Å². The summed E-state index contributed by atoms with van der Waals surface area (Å²) in [5, 5.41) is 10.7. The Morgan fingerprint density at radius 3 is 0.724 bits per heavy atom. The van der Waals surface area contributed by atoms with Crippen molar-refractivity contribution in [2.24, 2.45) is 11.8 Å². The summed E-state index contributed by atoms with van der Waals surface area (Å²) < 4.78 is 68.9. The maximum absolute atomic E-state index is 13.1. The summed E-state index contributed by atoms with van der Waals surface area (Å²) in [6.45, 7) is 9.72. The summed E-state index contributed by atoms with van der Waals surface area (Å²) in [5.41, 5.74) is 0. The number of ether oxygens (including phenoxy) is 4. The van der Waals surface area contributed by atoms with Gasteiger partial charge in [-0.3, -0.25) is 37.3 Å². The number of aliphatic hydroxyl groups is 1. The molecular formula is C86H168O17P2. The van der Waals surface area contributed by atoms with Gasteiger partial charge in [0.05, 0.1) is 26.4 Å². The van der Waals surface area contributed by atoms with Gasteiger partial charge in [0.25, 0.3) is 0 Å². The smallest absolute Gasteiger partial charge is 0.462 e. The Balaban J connectivity index is 5.23. The Bertz CT molecular complexity index is 2010. The van der Waals surface area contributed by atoms with Gasteiger partial charge in [0.2, 0.25) is 0 Å². The summed E-state index contributed by atoms with van der Waals surface area (Å²) >= 11 is 0. The zero-order valence-electron chi connectivity index (χ0n) is 69.0. The Kier molecular flexibility index (Phi) is 76.0. The van der Waals surface area contributed by atoms with Crippen molar-refractivity contribution in [1.82, 2.24) is 0 Å². The third kappa shape index (κ3) is 78.5. The molecule has 3 N–H and O–H groups in total. The zero-order valence-corrected chi connectivity index (χ0v) is 70.8. The SMILES string of the molecule is CCCCCCCCCCCCCCCCCCCCCCCCC(=O)O[C@H](COC(=O)CCCCCCCCCCCCCCCCC(C)CC)COP(=O)(O)OC[C@@H](O)COP(=O)(O)OC[C@@H](COC(=O)CCCCCCCCCCCCC)OC(=O)CCCCCCCCCCCCCC(C)C. The maximum atomic E-state index is 13.1. The Morgan fingerprint density at radius 2 is 0.486 bits per heavy atom. The summed E-state index contributed by atoms with van der Waals surface area (Å²) in [4.78, 5) is 73.2. The molecule has 0 heterocycles. The van der Waals surface area contributed by atoms with Gasteiger partial charge in [-0.25, -0.2) is 9.13 Å². The van der Waals surface area contributed by atoms with Crippen LogP contribution in [0.5, 0.6) is 0 Å². The molecule has 0 bridgehead atoms. The van der Waals surface area contributed by atoms with Crippen molar-refractivity contribution in [3.05, 3.63) is 0 Å². The molecule has 0 amide bonds. The quantitative estimate of drug-likeness (QED) is 0.0222. The highest BCUT2D eigenvalue weighted by molar-refractivity contribution is 7.47. The molecule has 0 rings (SSSR count). The van der Waals surface area contributed by atoms with Crippen molar-refractivity contribution < 1.29 is 80.2 Å². The second-order valence-corrected chi connectivity index (χ2v) is 34.6. The molecule has 17 nitrogen and oxygen atoms in total. The fourth-order valence-electron chi connectivity index (χ4n) is 13.4. The number of phosphoric ester groups is 2. The highest BCUT2D eigenvalue weighted by Crippen LogP contribution is 2.45. The van der Waals surface area contributed by atoms with Crippen molar-refractivity contribution in [1.29, 1.82) is 0 Å². The number of carbonyl (C=O) groups excluding carboxylic acids is 4. The molecule has 0 aromatic heterocycles. The average molecular weight is 1540 g/mol. The number of aliphatic hydroxyl groups excluding tert-OH is 1. The van der Waals surface area contributed by atoms with E-state index < -0.39 is 97.5 Å². The monoisotopic (exact) mass is 1540 g/mol. The molecule has 624 valence electrons. The number of unbranched alkanes of at least 4 members (excludes halogenated alkanes) is 54. The minimum Gasteiger partial charge on any atom is -0.462 e. The number of hydrogen-bond acceptors (Lipinski definition) is 15. The third-order valence-corrected chi connectivity index (χ3v) is 22.5. The largest absolute Gasteiger partial charge is 0.472 e. The molecule has 0 saturated carbocycles. The van der Waals surface area contributed by atoms with Crippen LogP contribution in [0.1, 0.15) is 459 Å². The molecule has 0 spiro atoms. The highest BCUT2D eigenvalue weighted by Gasteiger charge is 2.30. The summed E-state index contributed by atoms with van der Waals surface area (Å²) in [7, 11) is -9.93. The molecule has 0 aromatic carbocycles. The van der Waals surface area contributed by atoms with E-state index in [1.54, 1.807) is 0 Å². The van der Waals surface area contributed by atoms with E-state index in [1.807, 2.05) is 0 Å². The standard InChI is InChI=1S/C86H168O17P2/c1-7-10-12-14-16-18-20-21-22-23-24-25-26-27-28-29-34-40-46-52-58-64-70-85(90)102-82(75-97-84(89)69-63-57-51-45-39-33-31-30-32-38-43-49-55-61-67-79(6)9-3)77-101-105(94,95)99-73-80(87)72-98-104(92,93)100-76-81(74-96-83(88)68-62-56-50-44-36-19-17-15-13-11-8-2)103-86(91)71-65-59-53-47-41-35-37-42-48-54-60-66-78(4)5/h78-82,87H,7-77H2,1-6H3,(H,92,93)(H,94,95)/t79?,80-,81+,82+/m0/s1. The number of hydrogen-bond donors (Lipinski definition) is 3. The van der Waals surface area contributed by atoms with Crippen LogP contribution in [0.25, 0.3) is 0 Å². The normalized spacial score (nSPS) is 14.1. The first-order valence-corrected chi connectivity index (χ1v) is 47.5. The van der Waals surface area contributed by atoms with Crippen molar-refractivity contribution in [2.45, 2.75) is 477 Å². The average Bonchev–Trinajstić information content (AvgIpc) is 0.949. The van der Waals surface area contributed by atoms with Gasteiger partial charge in [-0.2, -0.15) is 0 Å². The van der Waals surface area contributed by atoms with Crippen LogP contribution in [0.2, 0.25) is 0 Å². The third-order valence-electron chi connectivity index (χ3n) is 20.6. The van der Waals surface area contributed by atoms with Crippen molar-refractivity contribution >= 4 is 39.5 Å². The van der Waals surface area contributed by atoms with E-state index in [0.29, 0.717) is 25.7 Å². The highest BCUT2D eigenvalue weighted by atomic mass is 31.2. The minimum absolute atomic E-state index is 0.107. The molecule has 0 aliphatic carbocycles. The number of rotatable bonds is 85. The molecule has 0 saturated heterocycles. The lowest BCUT2D eigenvalue weighted by molar-refractivity contribution is -0.161. The molecule has 105 heavy (non-hydrogen) atoms. The fraction of sp³-hybridized carbons (Fsp3) is 0.953. The molecular weight excluding hydrogens is 1370 g/mol. The van der Waals surface area contributed by atoms with Gasteiger partial charge in [-0.15, -0.1) is 0 Å². The van der Waals surface area contributed by atoms with Gasteiger partial charge in [0.15, 0.2) is 12.2 Å². The van der Waals surface area contributed by atoms with Crippen LogP contribution in [0.3, 0.4) is 0 Å². The van der Waals surface area contributed by atoms with Crippen molar-refractivity contribution in [2.75, 3.05) is 39.6 Å². The minimum atomic E-state index is -4.97. The molecule has 0 fully saturated rings. The van der Waals surface area contributed by atoms with Gasteiger partial charge >= 0.3 is 39.5 Å². The van der Waals surface area contributed by atoms with Crippen molar-refractivity contribution in [3.8, 4) is 0 Å². The van der Waals surface area contributed by atoms with Crippen molar-refractivity contribution in [3.63, 3.8) is 0 Å². The van der Waals surface area contributed by atoms with Gasteiger partial charge in [-0.05, 0) is 37.5 Å². The van der Waals surface area contributed by atoms with Gasteiger partial charge in [0.1, 0.15) is 19.3 Å². The lowest BCUT2D eigenvalue weighted by atomic mass is 9.99. The lowest BCUT2D eigenvalue weighted by Gasteiger charge is -2.21. The topological polar surface area (TPSA) is 237 Å². The second kappa shape index (κ2) is 77.4. The molecule has 0 aromatic rings.